The van der Waals surface area contributed by atoms with Crippen molar-refractivity contribution >= 4 is 16.9 Å². The summed E-state index contributed by atoms with van der Waals surface area (Å²) in [5.41, 5.74) is 2.08. The highest BCUT2D eigenvalue weighted by Gasteiger charge is 2.41. The molecule has 0 radical (unpaired) electrons. The molecule has 1 amide bonds. The number of hydrogen-bond acceptors (Lipinski definition) is 6. The zero-order chi connectivity index (χ0) is 20.9. The number of nitrogens with zero attached hydrogens (tertiary/aromatic N) is 1. The third kappa shape index (κ3) is 2.73. The van der Waals surface area contributed by atoms with Crippen LogP contribution in [0.4, 0.5) is 0 Å². The van der Waals surface area contributed by atoms with E-state index in [0.29, 0.717) is 39.3 Å². The summed E-state index contributed by atoms with van der Waals surface area (Å²) < 4.78 is 22.1. The van der Waals surface area contributed by atoms with Gasteiger partial charge in [-0.05, 0) is 36.8 Å². The summed E-state index contributed by atoms with van der Waals surface area (Å²) in [5.74, 6) is 1.03. The maximum absolute atomic E-state index is 13.4. The lowest BCUT2D eigenvalue weighted by molar-refractivity contribution is 0.0771. The molecule has 0 aliphatic carbocycles. The minimum absolute atomic E-state index is 0.0626. The number of hydrogen-bond donors (Lipinski definition) is 0. The Morgan fingerprint density at radius 2 is 1.62 bits per heavy atom. The highest BCUT2D eigenvalue weighted by molar-refractivity contribution is 5.99. The zero-order valence-electron chi connectivity index (χ0n) is 16.9. The standard InChI is InChI=1S/C22H21NO6/c1-11-6-7-14-13(8-11)19(24)17-18(23(2)22(25)21(17)29-14)12-9-15(26-3)20(28-5)16(10-12)27-4/h6-10,18H,1-5H3/t18-/m0/s1. The lowest BCUT2D eigenvalue weighted by Crippen LogP contribution is -2.25. The Bertz CT molecular complexity index is 1170. The lowest BCUT2D eigenvalue weighted by Gasteiger charge is -2.22. The molecular weight excluding hydrogens is 374 g/mol. The van der Waals surface area contributed by atoms with Crippen molar-refractivity contribution in [1.29, 1.82) is 0 Å². The Morgan fingerprint density at radius 3 is 2.21 bits per heavy atom. The molecule has 7 nitrogen and oxygen atoms in total. The Morgan fingerprint density at radius 1 is 0.966 bits per heavy atom. The fourth-order valence-corrected chi connectivity index (χ4v) is 3.85. The Labute approximate surface area is 167 Å². The van der Waals surface area contributed by atoms with Crippen LogP contribution in [0, 0.1) is 6.92 Å². The molecule has 29 heavy (non-hydrogen) atoms. The van der Waals surface area contributed by atoms with Gasteiger partial charge in [-0.2, -0.15) is 0 Å². The van der Waals surface area contributed by atoms with Crippen LogP contribution in [0.1, 0.15) is 33.3 Å². The SMILES string of the molecule is COc1cc([C@H]2c3c(oc4ccc(C)cc4c3=O)C(=O)N2C)cc(OC)c1OC. The van der Waals surface area contributed by atoms with Gasteiger partial charge in [0.25, 0.3) is 5.91 Å². The number of rotatable bonds is 4. The van der Waals surface area contributed by atoms with Gasteiger partial charge in [0, 0.05) is 7.05 Å². The molecule has 1 aromatic heterocycles. The van der Waals surface area contributed by atoms with Gasteiger partial charge in [-0.3, -0.25) is 9.59 Å². The quantitative estimate of drug-likeness (QED) is 0.675. The largest absolute Gasteiger partial charge is 0.493 e. The zero-order valence-corrected chi connectivity index (χ0v) is 16.9. The van der Waals surface area contributed by atoms with Crippen LogP contribution in [-0.4, -0.2) is 39.2 Å². The summed E-state index contributed by atoms with van der Waals surface area (Å²) in [6, 6.07) is 8.18. The predicted molar refractivity (Wildman–Crippen MR) is 107 cm³/mol. The fraction of sp³-hybridized carbons (Fsp3) is 0.273. The number of aryl methyl sites for hydroxylation is 1. The lowest BCUT2D eigenvalue weighted by atomic mass is 9.97. The molecule has 0 unspecified atom stereocenters. The van der Waals surface area contributed by atoms with E-state index >= 15 is 0 Å². The average Bonchev–Trinajstić information content (AvgIpc) is 2.98. The van der Waals surface area contributed by atoms with E-state index < -0.39 is 6.04 Å². The number of amides is 1. The van der Waals surface area contributed by atoms with E-state index in [1.165, 1.54) is 26.2 Å². The topological polar surface area (TPSA) is 78.2 Å². The Kier molecular flexibility index (Phi) is 4.45. The van der Waals surface area contributed by atoms with Crippen LogP contribution < -0.4 is 19.6 Å². The van der Waals surface area contributed by atoms with Crippen LogP contribution in [0.2, 0.25) is 0 Å². The van der Waals surface area contributed by atoms with E-state index in [9.17, 15) is 9.59 Å². The summed E-state index contributed by atoms with van der Waals surface area (Å²) in [4.78, 5) is 27.7. The first-order valence-corrected chi connectivity index (χ1v) is 9.05. The van der Waals surface area contributed by atoms with Gasteiger partial charge in [0.2, 0.25) is 11.5 Å². The molecule has 7 heteroatoms. The molecular formula is C22H21NO6. The molecule has 0 saturated carbocycles. The van der Waals surface area contributed by atoms with Gasteiger partial charge in [-0.25, -0.2) is 0 Å². The number of carbonyl (C=O) groups is 1. The van der Waals surface area contributed by atoms with Crippen LogP contribution in [0.5, 0.6) is 17.2 Å². The van der Waals surface area contributed by atoms with Crippen molar-refractivity contribution in [3.63, 3.8) is 0 Å². The number of carbonyl (C=O) groups excluding carboxylic acids is 1. The predicted octanol–water partition coefficient (Wildman–Crippen LogP) is 3.30. The molecule has 0 N–H and O–H groups in total. The van der Waals surface area contributed by atoms with Crippen molar-refractivity contribution < 1.29 is 23.4 Å². The minimum atomic E-state index is -0.632. The van der Waals surface area contributed by atoms with Gasteiger partial charge in [0.05, 0.1) is 38.3 Å². The molecule has 0 spiro atoms. The van der Waals surface area contributed by atoms with Crippen molar-refractivity contribution in [2.24, 2.45) is 0 Å². The first-order chi connectivity index (χ1) is 13.9. The van der Waals surface area contributed by atoms with Crippen LogP contribution in [0.25, 0.3) is 11.0 Å². The molecule has 1 aliphatic rings. The van der Waals surface area contributed by atoms with Crippen LogP contribution in [0.3, 0.4) is 0 Å². The van der Waals surface area contributed by atoms with Gasteiger partial charge in [-0.1, -0.05) is 11.6 Å². The maximum Gasteiger partial charge on any atom is 0.290 e. The molecule has 0 bridgehead atoms. The van der Waals surface area contributed by atoms with Gasteiger partial charge in [-0.15, -0.1) is 0 Å². The molecule has 0 saturated heterocycles. The van der Waals surface area contributed by atoms with Crippen LogP contribution in [-0.2, 0) is 0 Å². The van der Waals surface area contributed by atoms with E-state index in [2.05, 4.69) is 0 Å². The third-order valence-electron chi connectivity index (χ3n) is 5.26. The van der Waals surface area contributed by atoms with E-state index in [-0.39, 0.29) is 17.1 Å². The molecule has 3 aromatic rings. The normalized spacial score (nSPS) is 15.6. The maximum atomic E-state index is 13.4. The summed E-state index contributed by atoms with van der Waals surface area (Å²) in [6.45, 7) is 1.90. The van der Waals surface area contributed by atoms with Gasteiger partial charge < -0.3 is 23.5 Å². The summed E-state index contributed by atoms with van der Waals surface area (Å²) in [5, 5.41) is 0.448. The van der Waals surface area contributed by atoms with Crippen molar-refractivity contribution in [3.05, 3.63) is 63.0 Å². The second-order valence-electron chi connectivity index (χ2n) is 6.95. The van der Waals surface area contributed by atoms with Gasteiger partial charge in [0.1, 0.15) is 5.58 Å². The number of methoxy groups -OCH3 is 3. The summed E-state index contributed by atoms with van der Waals surface area (Å²) >= 11 is 0. The molecule has 1 aliphatic heterocycles. The number of fused-ring (bicyclic) bond motifs is 2. The molecule has 4 rings (SSSR count). The second-order valence-corrected chi connectivity index (χ2v) is 6.95. The first-order valence-electron chi connectivity index (χ1n) is 9.05. The molecule has 0 fully saturated rings. The highest BCUT2D eigenvalue weighted by atomic mass is 16.5. The Balaban J connectivity index is 2.01. The van der Waals surface area contributed by atoms with Crippen molar-refractivity contribution in [1.82, 2.24) is 4.90 Å². The van der Waals surface area contributed by atoms with Crippen molar-refractivity contribution in [2.45, 2.75) is 13.0 Å². The van der Waals surface area contributed by atoms with E-state index in [1.54, 1.807) is 31.3 Å². The van der Waals surface area contributed by atoms with Crippen LogP contribution >= 0.6 is 0 Å². The molecule has 1 atom stereocenters. The highest BCUT2D eigenvalue weighted by Crippen LogP contribution is 2.44. The molecule has 2 heterocycles. The third-order valence-corrected chi connectivity index (χ3v) is 5.26. The van der Waals surface area contributed by atoms with Crippen molar-refractivity contribution in [2.75, 3.05) is 28.4 Å². The van der Waals surface area contributed by atoms with Crippen LogP contribution in [0.15, 0.2) is 39.5 Å². The number of benzene rings is 2. The fourth-order valence-electron chi connectivity index (χ4n) is 3.85. The van der Waals surface area contributed by atoms with E-state index in [1.807, 2.05) is 13.0 Å². The van der Waals surface area contributed by atoms with Gasteiger partial charge >= 0.3 is 0 Å². The minimum Gasteiger partial charge on any atom is -0.493 e. The average molecular weight is 395 g/mol. The van der Waals surface area contributed by atoms with E-state index in [4.69, 9.17) is 18.6 Å². The monoisotopic (exact) mass is 395 g/mol. The summed E-state index contributed by atoms with van der Waals surface area (Å²) in [6.07, 6.45) is 0. The Hall–Kier alpha value is -3.48. The molecule has 2 aromatic carbocycles. The summed E-state index contributed by atoms with van der Waals surface area (Å²) in [7, 11) is 6.19. The number of ether oxygens (including phenoxy) is 3. The van der Waals surface area contributed by atoms with Gasteiger partial charge in [0.15, 0.2) is 16.9 Å². The smallest absolute Gasteiger partial charge is 0.290 e. The van der Waals surface area contributed by atoms with Crippen molar-refractivity contribution in [3.8, 4) is 17.2 Å². The molecule has 150 valence electrons. The first kappa shape index (κ1) is 18.9. The van der Waals surface area contributed by atoms with E-state index in [0.717, 1.165) is 5.56 Å². The second kappa shape index (κ2) is 6.84.